The van der Waals surface area contributed by atoms with Crippen molar-refractivity contribution in [2.24, 2.45) is 0 Å². The molecule has 96 valence electrons. The number of terminal acetylenes is 1. The van der Waals surface area contributed by atoms with Gasteiger partial charge in [-0.3, -0.25) is 0 Å². The summed E-state index contributed by atoms with van der Waals surface area (Å²) in [5, 5.41) is 0.677. The predicted octanol–water partition coefficient (Wildman–Crippen LogP) is 1.10. The maximum atomic E-state index is 5.46. The van der Waals surface area contributed by atoms with Gasteiger partial charge in [-0.25, -0.2) is 0 Å². The van der Waals surface area contributed by atoms with Crippen molar-refractivity contribution < 1.29 is 9.47 Å². The van der Waals surface area contributed by atoms with Crippen molar-refractivity contribution in [3.63, 3.8) is 0 Å². The highest BCUT2D eigenvalue weighted by molar-refractivity contribution is 7.80. The molecule has 0 aliphatic rings. The molecule has 2 atom stereocenters. The van der Waals surface area contributed by atoms with Gasteiger partial charge in [-0.15, -0.1) is 6.42 Å². The van der Waals surface area contributed by atoms with Crippen LogP contribution in [0.4, 0.5) is 0 Å². The van der Waals surface area contributed by atoms with Gasteiger partial charge in [0.1, 0.15) is 6.10 Å². The quantitative estimate of drug-likeness (QED) is 0.565. The lowest BCUT2D eigenvalue weighted by Crippen LogP contribution is -2.37. The molecule has 0 bridgehead atoms. The molecule has 0 heterocycles. The van der Waals surface area contributed by atoms with Gasteiger partial charge in [0, 0.05) is 28.2 Å². The summed E-state index contributed by atoms with van der Waals surface area (Å²) in [5.41, 5.74) is 0. The molecule has 0 fully saturated rings. The van der Waals surface area contributed by atoms with E-state index in [9.17, 15) is 0 Å². The molecule has 0 N–H and O–H groups in total. The molecule has 6 heteroatoms. The lowest BCUT2D eigenvalue weighted by molar-refractivity contribution is 0.0708. The maximum absolute atomic E-state index is 5.46. The van der Waals surface area contributed by atoms with E-state index in [4.69, 9.17) is 40.3 Å². The third kappa shape index (κ3) is 5.71. The van der Waals surface area contributed by atoms with Crippen LogP contribution in [0.5, 0.6) is 0 Å². The number of hydrogen-bond acceptors (Lipinski definition) is 4. The van der Waals surface area contributed by atoms with E-state index >= 15 is 0 Å². The fourth-order valence-electron chi connectivity index (χ4n) is 0.806. The summed E-state index contributed by atoms with van der Waals surface area (Å²) in [6.07, 6.45) is 4.45. The van der Waals surface area contributed by atoms with Gasteiger partial charge in [0.2, 0.25) is 0 Å². The van der Waals surface area contributed by atoms with Gasteiger partial charge in [-0.2, -0.15) is 0 Å². The Hall–Kier alpha value is -1.06. The van der Waals surface area contributed by atoms with Crippen LogP contribution in [0.1, 0.15) is 6.92 Å². The number of nitrogens with zero attached hydrogens (tertiary/aromatic N) is 2. The van der Waals surface area contributed by atoms with Gasteiger partial charge in [0.05, 0.1) is 0 Å². The minimum Gasteiger partial charge on any atom is -0.463 e. The molecule has 0 aromatic heterocycles. The first kappa shape index (κ1) is 15.9. The average Bonchev–Trinajstić information content (AvgIpc) is 2.24. The minimum atomic E-state index is -0.567. The predicted molar refractivity (Wildman–Crippen MR) is 76.8 cm³/mol. The van der Waals surface area contributed by atoms with Crippen LogP contribution in [0.25, 0.3) is 0 Å². The normalized spacial score (nSPS) is 12.9. The second-order valence-electron chi connectivity index (χ2n) is 3.85. The van der Waals surface area contributed by atoms with Gasteiger partial charge < -0.3 is 19.3 Å². The highest BCUT2D eigenvalue weighted by Gasteiger charge is 2.21. The van der Waals surface area contributed by atoms with Crippen LogP contribution in [0.15, 0.2) is 0 Å². The van der Waals surface area contributed by atoms with Crippen molar-refractivity contribution in [1.29, 1.82) is 0 Å². The van der Waals surface area contributed by atoms with Crippen molar-refractivity contribution in [1.82, 2.24) is 9.80 Å². The summed E-state index contributed by atoms with van der Waals surface area (Å²) in [4.78, 5) is 3.35. The van der Waals surface area contributed by atoms with E-state index in [0.29, 0.717) is 10.3 Å². The van der Waals surface area contributed by atoms with E-state index < -0.39 is 6.10 Å². The molecule has 0 rings (SSSR count). The third-order valence-corrected chi connectivity index (χ3v) is 2.76. The van der Waals surface area contributed by atoms with E-state index in [1.165, 1.54) is 0 Å². The Morgan fingerprint density at radius 1 is 1.06 bits per heavy atom. The fourth-order valence-corrected chi connectivity index (χ4v) is 1.06. The lowest BCUT2D eigenvalue weighted by atomic mass is 10.2. The van der Waals surface area contributed by atoms with Gasteiger partial charge >= 0.3 is 0 Å². The van der Waals surface area contributed by atoms with E-state index in [0.717, 1.165) is 0 Å². The number of thiocarbonyl (C=S) groups is 2. The van der Waals surface area contributed by atoms with E-state index in [-0.39, 0.29) is 6.10 Å². The fraction of sp³-hybridized carbons (Fsp3) is 0.636. The molecule has 17 heavy (non-hydrogen) atoms. The summed E-state index contributed by atoms with van der Waals surface area (Å²) in [7, 11) is 7.16. The van der Waals surface area contributed by atoms with Crippen LogP contribution in [0.3, 0.4) is 0 Å². The average molecular weight is 274 g/mol. The van der Waals surface area contributed by atoms with Crippen LogP contribution in [0, 0.1) is 12.3 Å². The van der Waals surface area contributed by atoms with Gasteiger partial charge in [-0.1, -0.05) is 5.92 Å². The molecule has 0 spiro atoms. The highest BCUT2D eigenvalue weighted by Crippen LogP contribution is 2.07. The van der Waals surface area contributed by atoms with Crippen molar-refractivity contribution in [3.8, 4) is 12.3 Å². The van der Waals surface area contributed by atoms with Crippen LogP contribution < -0.4 is 0 Å². The molecular weight excluding hydrogens is 256 g/mol. The van der Waals surface area contributed by atoms with E-state index in [1.807, 2.05) is 0 Å². The van der Waals surface area contributed by atoms with Gasteiger partial charge in [0.25, 0.3) is 10.3 Å². The van der Waals surface area contributed by atoms with Gasteiger partial charge in [-0.05, 0) is 31.4 Å². The molecule has 0 saturated heterocycles. The highest BCUT2D eigenvalue weighted by atomic mass is 32.1. The third-order valence-electron chi connectivity index (χ3n) is 1.84. The SMILES string of the molecule is C#C[C@@H](OC(=S)N(C)C)[C@@H](C)OC(=S)N(C)C. The zero-order chi connectivity index (χ0) is 13.6. The van der Waals surface area contributed by atoms with Crippen molar-refractivity contribution in [3.05, 3.63) is 0 Å². The molecule has 4 nitrogen and oxygen atoms in total. The minimum absolute atomic E-state index is 0.319. The number of ether oxygens (including phenoxy) is 2. The molecule has 0 aliphatic carbocycles. The largest absolute Gasteiger partial charge is 0.463 e. The summed E-state index contributed by atoms with van der Waals surface area (Å²) < 4.78 is 10.9. The van der Waals surface area contributed by atoms with Crippen molar-refractivity contribution in [2.45, 2.75) is 19.1 Å². The zero-order valence-electron chi connectivity index (χ0n) is 10.8. The first-order valence-electron chi connectivity index (χ1n) is 5.01. The summed E-state index contributed by atoms with van der Waals surface area (Å²) in [6, 6.07) is 0. The molecule has 0 saturated carbocycles. The molecule has 0 amide bonds. The summed E-state index contributed by atoms with van der Waals surface area (Å²) >= 11 is 10.0. The van der Waals surface area contributed by atoms with E-state index in [1.54, 1.807) is 44.9 Å². The first-order valence-corrected chi connectivity index (χ1v) is 5.83. The lowest BCUT2D eigenvalue weighted by Gasteiger charge is -2.25. The number of hydrogen-bond donors (Lipinski definition) is 0. The Kier molecular flexibility index (Phi) is 6.85. The maximum Gasteiger partial charge on any atom is 0.260 e. The Bertz CT molecular complexity index is 324. The molecule has 0 aromatic rings. The molecule has 0 aromatic carbocycles. The van der Waals surface area contributed by atoms with Crippen molar-refractivity contribution in [2.75, 3.05) is 28.2 Å². The van der Waals surface area contributed by atoms with Crippen LogP contribution in [0.2, 0.25) is 0 Å². The van der Waals surface area contributed by atoms with Crippen molar-refractivity contribution >= 4 is 34.8 Å². The Morgan fingerprint density at radius 3 is 1.82 bits per heavy atom. The van der Waals surface area contributed by atoms with Crippen LogP contribution in [-0.2, 0) is 9.47 Å². The zero-order valence-corrected chi connectivity index (χ0v) is 12.4. The smallest absolute Gasteiger partial charge is 0.260 e. The van der Waals surface area contributed by atoms with Crippen LogP contribution in [-0.4, -0.2) is 60.5 Å². The Morgan fingerprint density at radius 2 is 1.47 bits per heavy atom. The summed E-state index contributed by atoms with van der Waals surface area (Å²) in [5.74, 6) is 2.49. The Balaban J connectivity index is 4.42. The molecule has 0 aliphatic heterocycles. The van der Waals surface area contributed by atoms with Gasteiger partial charge in [0.15, 0.2) is 6.10 Å². The van der Waals surface area contributed by atoms with Crippen LogP contribution >= 0.6 is 24.4 Å². The monoisotopic (exact) mass is 274 g/mol. The second kappa shape index (κ2) is 7.30. The molecular formula is C11H18N2O2S2. The first-order chi connectivity index (χ1) is 7.79. The molecule has 0 radical (unpaired) electrons. The topological polar surface area (TPSA) is 24.9 Å². The summed E-state index contributed by atoms with van der Waals surface area (Å²) in [6.45, 7) is 1.79. The second-order valence-corrected chi connectivity index (χ2v) is 4.55. The number of rotatable bonds is 3. The molecule has 0 unspecified atom stereocenters. The Labute approximate surface area is 114 Å². The standard InChI is InChI=1S/C11H18N2O2S2/c1-7-9(15-11(17)13(5)6)8(2)14-10(16)12(3)4/h1,8-9H,2-6H3/t8-,9-/m1/s1. The van der Waals surface area contributed by atoms with E-state index in [2.05, 4.69) is 5.92 Å².